The molecule has 2 unspecified atom stereocenters. The van der Waals surface area contributed by atoms with Crippen LogP contribution < -0.4 is 10.2 Å². The van der Waals surface area contributed by atoms with Gasteiger partial charge in [-0.15, -0.1) is 0 Å². The van der Waals surface area contributed by atoms with Gasteiger partial charge in [0.25, 0.3) is 7.82 Å². The molecule has 0 aromatic carbocycles. The van der Waals surface area contributed by atoms with Crippen LogP contribution in [0.1, 0.15) is 45.4 Å². The van der Waals surface area contributed by atoms with Crippen molar-refractivity contribution in [2.24, 2.45) is 0 Å². The largest absolute Gasteiger partial charge is 0.756 e. The number of hydrogen-bond acceptors (Lipinski definition) is 7. The Morgan fingerprint density at radius 2 is 1.76 bits per heavy atom. The highest BCUT2D eigenvalue weighted by atomic mass is 31.2. The van der Waals surface area contributed by atoms with Crippen molar-refractivity contribution in [2.75, 3.05) is 32.9 Å². The maximum absolute atomic E-state index is 11.4. The van der Waals surface area contributed by atoms with E-state index in [2.05, 4.69) is 16.8 Å². The molecule has 0 aliphatic heterocycles. The third kappa shape index (κ3) is 14.7. The second kappa shape index (κ2) is 13.6. The fourth-order valence-corrected chi connectivity index (χ4v) is 2.40. The molecule has 0 bridgehead atoms. The first kappa shape index (κ1) is 21.0. The molecular weight excluding hydrogens is 297 g/mol. The van der Waals surface area contributed by atoms with Gasteiger partial charge in [-0.3, -0.25) is 4.57 Å². The second-order valence-corrected chi connectivity index (χ2v) is 6.33. The number of rotatable bonds is 15. The third-order valence-electron chi connectivity index (χ3n) is 2.87. The maximum Gasteiger partial charge on any atom is 0.267 e. The summed E-state index contributed by atoms with van der Waals surface area (Å²) in [4.78, 5) is 11.4. The molecule has 0 spiro atoms. The van der Waals surface area contributed by atoms with E-state index in [4.69, 9.17) is 14.7 Å². The smallest absolute Gasteiger partial charge is 0.267 e. The van der Waals surface area contributed by atoms with E-state index in [9.17, 15) is 9.46 Å². The number of nitrogens with one attached hydrogen (secondary N) is 1. The lowest BCUT2D eigenvalue weighted by atomic mass is 10.1. The van der Waals surface area contributed by atoms with Crippen LogP contribution in [-0.2, 0) is 13.6 Å². The summed E-state index contributed by atoms with van der Waals surface area (Å²) in [6.45, 7) is 2.34. The zero-order chi connectivity index (χ0) is 16.0. The quantitative estimate of drug-likeness (QED) is 0.301. The van der Waals surface area contributed by atoms with Crippen molar-refractivity contribution in [1.82, 2.24) is 5.32 Å². The van der Waals surface area contributed by atoms with E-state index in [1.165, 1.54) is 19.3 Å². The third-order valence-corrected chi connectivity index (χ3v) is 3.86. The van der Waals surface area contributed by atoms with E-state index in [1.54, 1.807) is 0 Å². The van der Waals surface area contributed by atoms with Crippen LogP contribution >= 0.6 is 7.82 Å². The van der Waals surface area contributed by atoms with Gasteiger partial charge in [-0.25, -0.2) is 0 Å². The van der Waals surface area contributed by atoms with Gasteiger partial charge in [0, 0.05) is 13.1 Å². The predicted octanol–water partition coefficient (Wildman–Crippen LogP) is 0.791. The highest BCUT2D eigenvalue weighted by Gasteiger charge is 2.08. The lowest BCUT2D eigenvalue weighted by molar-refractivity contribution is -0.225. The Bertz CT molecular complexity index is 279. The molecule has 0 fully saturated rings. The number of phosphoric ester groups is 1. The van der Waals surface area contributed by atoms with Crippen molar-refractivity contribution in [3.05, 3.63) is 0 Å². The summed E-state index contributed by atoms with van der Waals surface area (Å²) < 4.78 is 20.8. The molecular formula is C13H29NO6P-. The molecule has 0 radical (unpaired) electrons. The average Bonchev–Trinajstić information content (AvgIpc) is 2.45. The topological polar surface area (TPSA) is 111 Å². The van der Waals surface area contributed by atoms with Crippen LogP contribution in [0.3, 0.4) is 0 Å². The van der Waals surface area contributed by atoms with Gasteiger partial charge in [0.05, 0.1) is 25.9 Å². The first-order chi connectivity index (χ1) is 10.0. The molecule has 128 valence electrons. The Morgan fingerprint density at radius 1 is 1.14 bits per heavy atom. The van der Waals surface area contributed by atoms with Gasteiger partial charge in [-0.05, 0) is 6.42 Å². The number of aliphatic hydroxyl groups excluding tert-OH is 2. The van der Waals surface area contributed by atoms with Gasteiger partial charge in [0.2, 0.25) is 0 Å². The number of phosphoric acid groups is 1. The number of unbranched alkanes of at least 4 members (excludes halogenated alkanes) is 5. The fraction of sp³-hybridized carbons (Fsp3) is 1.00. The maximum atomic E-state index is 11.4. The van der Waals surface area contributed by atoms with Crippen molar-refractivity contribution < 1.29 is 28.7 Å². The van der Waals surface area contributed by atoms with E-state index in [-0.39, 0.29) is 32.9 Å². The minimum atomic E-state index is -4.23. The highest BCUT2D eigenvalue weighted by Crippen LogP contribution is 2.38. The molecule has 21 heavy (non-hydrogen) atoms. The van der Waals surface area contributed by atoms with Crippen LogP contribution in [0.15, 0.2) is 0 Å². The lowest BCUT2D eigenvalue weighted by Crippen LogP contribution is -2.31. The summed E-state index contributed by atoms with van der Waals surface area (Å²) >= 11 is 0. The molecule has 0 aliphatic carbocycles. The van der Waals surface area contributed by atoms with E-state index in [0.29, 0.717) is 6.42 Å². The molecule has 0 aromatic heterocycles. The molecule has 0 saturated heterocycles. The molecule has 0 saturated carbocycles. The van der Waals surface area contributed by atoms with Gasteiger partial charge in [0.1, 0.15) is 0 Å². The minimum absolute atomic E-state index is 0.0601. The summed E-state index contributed by atoms with van der Waals surface area (Å²) in [6.07, 6.45) is 5.48. The Labute approximate surface area is 127 Å². The molecule has 3 N–H and O–H groups in total. The van der Waals surface area contributed by atoms with Crippen molar-refractivity contribution in [2.45, 2.75) is 51.6 Å². The lowest BCUT2D eigenvalue weighted by Gasteiger charge is -2.22. The van der Waals surface area contributed by atoms with E-state index in [0.717, 1.165) is 12.8 Å². The fourth-order valence-electron chi connectivity index (χ4n) is 1.66. The molecule has 0 aliphatic rings. The second-order valence-electron chi connectivity index (χ2n) is 4.92. The molecule has 0 amide bonds. The Balaban J connectivity index is 3.45. The summed E-state index contributed by atoms with van der Waals surface area (Å²) in [6, 6.07) is 0. The van der Waals surface area contributed by atoms with E-state index in [1.807, 2.05) is 0 Å². The van der Waals surface area contributed by atoms with Crippen LogP contribution in [0.5, 0.6) is 0 Å². The van der Waals surface area contributed by atoms with Gasteiger partial charge in [-0.1, -0.05) is 39.0 Å². The molecule has 8 heteroatoms. The SMILES string of the molecule is CCCCCCCCOP(=O)([O-])OCCNCC(O)CO. The molecule has 7 nitrogen and oxygen atoms in total. The first-order valence-electron chi connectivity index (χ1n) is 7.61. The first-order valence-corrected chi connectivity index (χ1v) is 9.07. The van der Waals surface area contributed by atoms with Gasteiger partial charge in [0.15, 0.2) is 0 Å². The molecule has 0 heterocycles. The van der Waals surface area contributed by atoms with Gasteiger partial charge >= 0.3 is 0 Å². The van der Waals surface area contributed by atoms with Crippen LogP contribution in [0.4, 0.5) is 0 Å². The van der Waals surface area contributed by atoms with E-state index < -0.39 is 13.9 Å². The molecule has 0 aromatic rings. The van der Waals surface area contributed by atoms with Crippen LogP contribution in [0, 0.1) is 0 Å². The summed E-state index contributed by atoms with van der Waals surface area (Å²) in [7, 11) is -4.23. The number of hydrogen-bond donors (Lipinski definition) is 3. The summed E-state index contributed by atoms with van der Waals surface area (Å²) in [5, 5.41) is 20.4. The van der Waals surface area contributed by atoms with Crippen molar-refractivity contribution in [1.29, 1.82) is 0 Å². The molecule has 0 rings (SSSR count). The van der Waals surface area contributed by atoms with Crippen molar-refractivity contribution in [3.8, 4) is 0 Å². The Morgan fingerprint density at radius 3 is 2.43 bits per heavy atom. The van der Waals surface area contributed by atoms with Gasteiger partial charge in [-0.2, -0.15) is 0 Å². The average molecular weight is 326 g/mol. The summed E-state index contributed by atoms with van der Waals surface area (Å²) in [5.74, 6) is 0. The van der Waals surface area contributed by atoms with Crippen LogP contribution in [0.2, 0.25) is 0 Å². The highest BCUT2D eigenvalue weighted by molar-refractivity contribution is 7.45. The summed E-state index contributed by atoms with van der Waals surface area (Å²) in [5.41, 5.74) is 0. The predicted molar refractivity (Wildman–Crippen MR) is 78.8 cm³/mol. The van der Waals surface area contributed by atoms with Crippen LogP contribution in [0.25, 0.3) is 0 Å². The Hall–Kier alpha value is -0.0100. The van der Waals surface area contributed by atoms with Crippen LogP contribution in [-0.4, -0.2) is 49.2 Å². The van der Waals surface area contributed by atoms with Crippen molar-refractivity contribution >= 4 is 7.82 Å². The van der Waals surface area contributed by atoms with E-state index >= 15 is 0 Å². The minimum Gasteiger partial charge on any atom is -0.756 e. The monoisotopic (exact) mass is 326 g/mol. The van der Waals surface area contributed by atoms with Crippen molar-refractivity contribution in [3.63, 3.8) is 0 Å². The standard InChI is InChI=1S/C13H30NO6P/c1-2-3-4-5-6-7-9-19-21(17,18)20-10-8-14-11-13(16)12-15/h13-16H,2-12H2,1H3,(H,17,18)/p-1. The number of aliphatic hydroxyl groups is 2. The zero-order valence-corrected chi connectivity index (χ0v) is 13.7. The molecule has 2 atom stereocenters. The zero-order valence-electron chi connectivity index (χ0n) is 12.8. The normalized spacial score (nSPS) is 15.8. The van der Waals surface area contributed by atoms with Gasteiger partial charge < -0.3 is 29.5 Å². The Kier molecular flexibility index (Phi) is 13.6.